The van der Waals surface area contributed by atoms with E-state index >= 15 is 0 Å². The Hall–Kier alpha value is -3.27. The zero-order valence-electron chi connectivity index (χ0n) is 16.8. The number of hydrogen-bond acceptors (Lipinski definition) is 7. The Morgan fingerprint density at radius 3 is 2.13 bits per heavy atom. The first-order chi connectivity index (χ1) is 14.2. The lowest BCUT2D eigenvalue weighted by Gasteiger charge is -2.16. The SMILES string of the molecule is CCC(C(=O)Nc1ccc(O)cc1)S(=O)(=O)CC(=O)Nc1ccc(OC)c(OC)c1. The van der Waals surface area contributed by atoms with Gasteiger partial charge in [-0.2, -0.15) is 0 Å². The molecule has 2 aromatic rings. The maximum absolute atomic E-state index is 12.7. The van der Waals surface area contributed by atoms with E-state index in [1.807, 2.05) is 0 Å². The minimum atomic E-state index is -4.08. The predicted octanol–water partition coefficient (Wildman–Crippen LogP) is 2.18. The summed E-state index contributed by atoms with van der Waals surface area (Å²) < 4.78 is 35.6. The number of rotatable bonds is 9. The van der Waals surface area contributed by atoms with Crippen LogP contribution in [0.15, 0.2) is 42.5 Å². The van der Waals surface area contributed by atoms with Crippen molar-refractivity contribution in [2.24, 2.45) is 0 Å². The number of nitrogens with one attached hydrogen (secondary N) is 2. The largest absolute Gasteiger partial charge is 0.508 e. The van der Waals surface area contributed by atoms with Crippen molar-refractivity contribution in [1.29, 1.82) is 0 Å². The summed E-state index contributed by atoms with van der Waals surface area (Å²) >= 11 is 0. The monoisotopic (exact) mass is 436 g/mol. The third-order valence-corrected chi connectivity index (χ3v) is 6.31. The van der Waals surface area contributed by atoms with Crippen LogP contribution in [0.2, 0.25) is 0 Å². The van der Waals surface area contributed by atoms with Gasteiger partial charge in [0.05, 0.1) is 14.2 Å². The van der Waals surface area contributed by atoms with E-state index in [0.717, 1.165) is 0 Å². The number of ether oxygens (including phenoxy) is 2. The molecule has 1 atom stereocenters. The molecule has 10 heteroatoms. The lowest BCUT2D eigenvalue weighted by Crippen LogP contribution is -2.39. The molecule has 0 aliphatic heterocycles. The molecule has 0 spiro atoms. The molecule has 0 saturated carbocycles. The van der Waals surface area contributed by atoms with Crippen molar-refractivity contribution in [3.63, 3.8) is 0 Å². The minimum absolute atomic E-state index is 0.00408. The van der Waals surface area contributed by atoms with Gasteiger partial charge in [-0.05, 0) is 42.8 Å². The summed E-state index contributed by atoms with van der Waals surface area (Å²) in [6, 6.07) is 10.2. The summed E-state index contributed by atoms with van der Waals surface area (Å²) in [5.41, 5.74) is 0.663. The number of benzene rings is 2. The molecule has 0 radical (unpaired) electrons. The van der Waals surface area contributed by atoms with Crippen LogP contribution in [-0.4, -0.2) is 50.6 Å². The number of carbonyl (C=O) groups excluding carboxylic acids is 2. The summed E-state index contributed by atoms with van der Waals surface area (Å²) in [4.78, 5) is 24.8. The molecule has 0 heterocycles. The zero-order chi connectivity index (χ0) is 22.3. The topological polar surface area (TPSA) is 131 Å². The highest BCUT2D eigenvalue weighted by Gasteiger charge is 2.33. The van der Waals surface area contributed by atoms with Crippen molar-refractivity contribution in [3.05, 3.63) is 42.5 Å². The molecular formula is C20H24N2O7S. The van der Waals surface area contributed by atoms with E-state index < -0.39 is 32.7 Å². The second-order valence-corrected chi connectivity index (χ2v) is 8.54. The molecule has 2 aromatic carbocycles. The molecule has 2 amide bonds. The first-order valence-electron chi connectivity index (χ1n) is 9.03. The van der Waals surface area contributed by atoms with Crippen LogP contribution in [0.4, 0.5) is 11.4 Å². The first kappa shape index (κ1) is 23.0. The van der Waals surface area contributed by atoms with E-state index in [2.05, 4.69) is 10.6 Å². The van der Waals surface area contributed by atoms with E-state index in [1.165, 1.54) is 44.6 Å². The van der Waals surface area contributed by atoms with Gasteiger partial charge in [0.15, 0.2) is 21.3 Å². The number of sulfone groups is 1. The van der Waals surface area contributed by atoms with Gasteiger partial charge in [-0.25, -0.2) is 8.42 Å². The fourth-order valence-corrected chi connectivity index (χ4v) is 4.30. The van der Waals surface area contributed by atoms with Gasteiger partial charge in [0.2, 0.25) is 11.8 Å². The number of hydrogen-bond donors (Lipinski definition) is 3. The van der Waals surface area contributed by atoms with Crippen LogP contribution in [0.1, 0.15) is 13.3 Å². The van der Waals surface area contributed by atoms with Gasteiger partial charge >= 0.3 is 0 Å². The molecular weight excluding hydrogens is 412 g/mol. The second kappa shape index (κ2) is 9.97. The van der Waals surface area contributed by atoms with Crippen molar-refractivity contribution in [2.75, 3.05) is 30.6 Å². The zero-order valence-corrected chi connectivity index (χ0v) is 17.7. The number of phenolic OH excluding ortho intramolecular Hbond substituents is 1. The van der Waals surface area contributed by atoms with Crippen molar-refractivity contribution in [3.8, 4) is 17.2 Å². The predicted molar refractivity (Wildman–Crippen MR) is 113 cm³/mol. The molecule has 9 nitrogen and oxygen atoms in total. The Kier molecular flexibility index (Phi) is 7.65. The normalized spacial score (nSPS) is 12.0. The Balaban J connectivity index is 2.08. The van der Waals surface area contributed by atoms with Crippen LogP contribution in [0, 0.1) is 0 Å². The van der Waals surface area contributed by atoms with Crippen LogP contribution in [0.5, 0.6) is 17.2 Å². The average molecular weight is 436 g/mol. The van der Waals surface area contributed by atoms with Crippen LogP contribution in [0.3, 0.4) is 0 Å². The van der Waals surface area contributed by atoms with Gasteiger partial charge < -0.3 is 25.2 Å². The van der Waals surface area contributed by atoms with Crippen LogP contribution in [0.25, 0.3) is 0 Å². The minimum Gasteiger partial charge on any atom is -0.508 e. The van der Waals surface area contributed by atoms with Gasteiger partial charge in [0, 0.05) is 17.4 Å². The highest BCUT2D eigenvalue weighted by molar-refractivity contribution is 7.93. The standard InChI is InChI=1S/C20H24N2O7S/c1-4-18(20(25)22-13-5-8-15(23)9-6-13)30(26,27)12-19(24)21-14-7-10-16(28-2)17(11-14)29-3/h5-11,18,23H,4,12H2,1-3H3,(H,21,24)(H,22,25). The number of methoxy groups -OCH3 is 2. The number of carbonyl (C=O) groups is 2. The van der Waals surface area contributed by atoms with Crippen LogP contribution < -0.4 is 20.1 Å². The fourth-order valence-electron chi connectivity index (χ4n) is 2.76. The lowest BCUT2D eigenvalue weighted by molar-refractivity contribution is -0.115. The van der Waals surface area contributed by atoms with Crippen molar-refractivity contribution < 1.29 is 32.6 Å². The van der Waals surface area contributed by atoms with Gasteiger partial charge in [-0.3, -0.25) is 9.59 Å². The number of phenols is 1. The van der Waals surface area contributed by atoms with E-state index in [-0.39, 0.29) is 12.2 Å². The molecule has 162 valence electrons. The quantitative estimate of drug-likeness (QED) is 0.514. The maximum atomic E-state index is 12.7. The molecule has 0 aliphatic rings. The molecule has 0 saturated heterocycles. The molecule has 2 rings (SSSR count). The number of anilines is 2. The fraction of sp³-hybridized carbons (Fsp3) is 0.300. The Morgan fingerprint density at radius 1 is 0.967 bits per heavy atom. The molecule has 30 heavy (non-hydrogen) atoms. The number of aromatic hydroxyl groups is 1. The molecule has 3 N–H and O–H groups in total. The first-order valence-corrected chi connectivity index (χ1v) is 10.7. The highest BCUT2D eigenvalue weighted by atomic mass is 32.2. The van der Waals surface area contributed by atoms with E-state index in [9.17, 15) is 23.1 Å². The summed E-state index contributed by atoms with van der Waals surface area (Å²) in [7, 11) is -1.17. The molecule has 0 fully saturated rings. The van der Waals surface area contributed by atoms with Crippen molar-refractivity contribution in [1.82, 2.24) is 0 Å². The molecule has 0 aliphatic carbocycles. The smallest absolute Gasteiger partial charge is 0.242 e. The van der Waals surface area contributed by atoms with E-state index in [0.29, 0.717) is 22.9 Å². The van der Waals surface area contributed by atoms with E-state index in [4.69, 9.17) is 9.47 Å². The highest BCUT2D eigenvalue weighted by Crippen LogP contribution is 2.29. The van der Waals surface area contributed by atoms with E-state index in [1.54, 1.807) is 19.1 Å². The van der Waals surface area contributed by atoms with Gasteiger partial charge in [0.25, 0.3) is 0 Å². The molecule has 1 unspecified atom stereocenters. The summed E-state index contributed by atoms with van der Waals surface area (Å²) in [5.74, 6) is -1.54. The average Bonchev–Trinajstić information content (AvgIpc) is 2.69. The molecule has 0 bridgehead atoms. The Bertz CT molecular complexity index is 1000. The Morgan fingerprint density at radius 2 is 1.57 bits per heavy atom. The van der Waals surface area contributed by atoms with Gasteiger partial charge in [-0.1, -0.05) is 6.92 Å². The van der Waals surface area contributed by atoms with Crippen molar-refractivity contribution in [2.45, 2.75) is 18.6 Å². The maximum Gasteiger partial charge on any atom is 0.242 e. The van der Waals surface area contributed by atoms with Gasteiger partial charge in [-0.15, -0.1) is 0 Å². The summed E-state index contributed by atoms with van der Waals surface area (Å²) in [5, 5.41) is 12.9. The third-order valence-electron chi connectivity index (χ3n) is 4.23. The van der Waals surface area contributed by atoms with Gasteiger partial charge in [0.1, 0.15) is 16.8 Å². The Labute approximate surface area is 174 Å². The number of amides is 2. The summed E-state index contributed by atoms with van der Waals surface area (Å²) in [6.07, 6.45) is -0.00408. The van der Waals surface area contributed by atoms with Crippen LogP contribution in [-0.2, 0) is 19.4 Å². The summed E-state index contributed by atoms with van der Waals surface area (Å²) in [6.45, 7) is 1.55. The van der Waals surface area contributed by atoms with Crippen LogP contribution >= 0.6 is 0 Å². The second-order valence-electron chi connectivity index (χ2n) is 6.36. The van der Waals surface area contributed by atoms with Crippen molar-refractivity contribution >= 4 is 33.0 Å². The lowest BCUT2D eigenvalue weighted by atomic mass is 10.2. The molecule has 0 aromatic heterocycles. The third kappa shape index (κ3) is 5.86.